The van der Waals surface area contributed by atoms with E-state index < -0.39 is 18.5 Å². The quantitative estimate of drug-likeness (QED) is 0.634. The first kappa shape index (κ1) is 7.58. The van der Waals surface area contributed by atoms with Crippen LogP contribution in [0.25, 0.3) is 0 Å². The minimum Gasteiger partial charge on any atom is -0.475 e. The molecule has 0 radical (unpaired) electrons. The molecular weight excluding hydrogens is 155 g/mol. The summed E-state index contributed by atoms with van der Waals surface area (Å²) in [7, 11) is 0. The van der Waals surface area contributed by atoms with E-state index in [-0.39, 0.29) is 6.54 Å². The van der Waals surface area contributed by atoms with Gasteiger partial charge in [0.15, 0.2) is 0 Å². The van der Waals surface area contributed by atoms with Crippen molar-refractivity contribution >= 4 is 5.97 Å². The Balaban J connectivity index is 2.73. The van der Waals surface area contributed by atoms with Crippen LogP contribution in [0.15, 0.2) is 0 Å². The number of carbonyl (C=O) groups is 1. The van der Waals surface area contributed by atoms with Gasteiger partial charge in [-0.1, -0.05) is 0 Å². The molecule has 6 nitrogen and oxygen atoms in total. The van der Waals surface area contributed by atoms with Crippen molar-refractivity contribution in [1.82, 2.24) is 20.2 Å². The third-order valence-electron chi connectivity index (χ3n) is 0.929. The first-order valence-corrected chi connectivity index (χ1v) is 2.81. The third kappa shape index (κ3) is 1.69. The number of tetrazole rings is 1. The molecule has 7 heteroatoms. The van der Waals surface area contributed by atoms with Crippen LogP contribution in [0.3, 0.4) is 0 Å². The molecule has 0 aliphatic carbocycles. The Kier molecular flexibility index (Phi) is 2.09. The lowest BCUT2D eigenvalue weighted by Gasteiger charge is -1.87. The highest BCUT2D eigenvalue weighted by Crippen LogP contribution is 1.85. The van der Waals surface area contributed by atoms with E-state index in [2.05, 4.69) is 15.4 Å². The van der Waals surface area contributed by atoms with Crippen molar-refractivity contribution in [2.75, 3.05) is 6.67 Å². The molecule has 1 rings (SSSR count). The van der Waals surface area contributed by atoms with Crippen LogP contribution in [0, 0.1) is 0 Å². The number of hydrogen-bond acceptors (Lipinski definition) is 4. The molecule has 0 aliphatic heterocycles. The van der Waals surface area contributed by atoms with Crippen LogP contribution in [-0.4, -0.2) is 38.0 Å². The highest BCUT2D eigenvalue weighted by Gasteiger charge is 2.09. The number of aryl methyl sites for hydroxylation is 1. The summed E-state index contributed by atoms with van der Waals surface area (Å²) in [6.07, 6.45) is 0. The molecular formula is C4H5FN4O2. The highest BCUT2D eigenvalue weighted by atomic mass is 19.1. The average molecular weight is 160 g/mol. The Bertz CT molecular complexity index is 260. The number of nitrogens with zero attached hydrogens (tertiary/aromatic N) is 4. The van der Waals surface area contributed by atoms with Crippen molar-refractivity contribution < 1.29 is 14.3 Å². The number of carboxylic acids is 1. The van der Waals surface area contributed by atoms with Crippen molar-refractivity contribution in [3.05, 3.63) is 5.82 Å². The molecule has 0 bridgehead atoms. The van der Waals surface area contributed by atoms with Crippen molar-refractivity contribution in [3.63, 3.8) is 0 Å². The summed E-state index contributed by atoms with van der Waals surface area (Å²) >= 11 is 0. The van der Waals surface area contributed by atoms with Crippen LogP contribution in [0.1, 0.15) is 10.6 Å². The van der Waals surface area contributed by atoms with E-state index in [0.29, 0.717) is 0 Å². The molecule has 0 saturated carbocycles. The van der Waals surface area contributed by atoms with Gasteiger partial charge in [0.2, 0.25) is 0 Å². The largest absolute Gasteiger partial charge is 0.475 e. The normalized spacial score (nSPS) is 9.91. The number of halogens is 1. The van der Waals surface area contributed by atoms with Crippen molar-refractivity contribution in [2.45, 2.75) is 6.54 Å². The first-order valence-electron chi connectivity index (χ1n) is 2.81. The number of carboxylic acid groups (broad SMARTS) is 1. The average Bonchev–Trinajstić information content (AvgIpc) is 2.37. The molecule has 60 valence electrons. The molecule has 0 atom stereocenters. The maximum atomic E-state index is 11.6. The van der Waals surface area contributed by atoms with Crippen LogP contribution in [0.5, 0.6) is 0 Å². The van der Waals surface area contributed by atoms with Crippen LogP contribution in [0.2, 0.25) is 0 Å². The molecule has 0 unspecified atom stereocenters. The molecule has 0 aliphatic rings. The Hall–Kier alpha value is -1.53. The summed E-state index contributed by atoms with van der Waals surface area (Å²) in [5.74, 6) is -1.69. The number of aromatic nitrogens is 4. The van der Waals surface area contributed by atoms with Crippen molar-refractivity contribution in [3.8, 4) is 0 Å². The Morgan fingerprint density at radius 2 is 2.45 bits per heavy atom. The zero-order valence-corrected chi connectivity index (χ0v) is 5.44. The van der Waals surface area contributed by atoms with Gasteiger partial charge in [0.1, 0.15) is 6.67 Å². The van der Waals surface area contributed by atoms with E-state index in [1.54, 1.807) is 0 Å². The zero-order chi connectivity index (χ0) is 8.27. The maximum absolute atomic E-state index is 11.6. The number of hydrogen-bond donors (Lipinski definition) is 1. The molecule has 0 spiro atoms. The van der Waals surface area contributed by atoms with E-state index >= 15 is 0 Å². The molecule has 11 heavy (non-hydrogen) atoms. The van der Waals surface area contributed by atoms with Gasteiger partial charge in [-0.15, -0.1) is 10.2 Å². The molecule has 1 aromatic rings. The van der Waals surface area contributed by atoms with E-state index in [1.807, 2.05) is 0 Å². The summed E-state index contributed by atoms with van der Waals surface area (Å²) in [6, 6.07) is 0. The van der Waals surface area contributed by atoms with Gasteiger partial charge in [-0.05, 0) is 5.21 Å². The lowest BCUT2D eigenvalue weighted by Crippen LogP contribution is -2.05. The van der Waals surface area contributed by atoms with Crippen LogP contribution in [-0.2, 0) is 6.54 Å². The van der Waals surface area contributed by atoms with Gasteiger partial charge in [0.05, 0.1) is 6.54 Å². The van der Waals surface area contributed by atoms with Gasteiger partial charge in [-0.2, -0.15) is 4.80 Å². The molecule has 0 saturated heterocycles. The SMILES string of the molecule is O=C(O)c1nnn(CCF)n1. The highest BCUT2D eigenvalue weighted by molar-refractivity contribution is 5.82. The summed E-state index contributed by atoms with van der Waals surface area (Å²) in [5, 5.41) is 18.1. The van der Waals surface area contributed by atoms with E-state index in [9.17, 15) is 9.18 Å². The Labute approximate surface area is 60.6 Å². The van der Waals surface area contributed by atoms with E-state index in [0.717, 1.165) is 4.80 Å². The fraction of sp³-hybridized carbons (Fsp3) is 0.500. The van der Waals surface area contributed by atoms with Gasteiger partial charge < -0.3 is 5.11 Å². The molecule has 0 amide bonds. The van der Waals surface area contributed by atoms with E-state index in [4.69, 9.17) is 5.11 Å². The number of rotatable bonds is 3. The third-order valence-corrected chi connectivity index (χ3v) is 0.929. The monoisotopic (exact) mass is 160 g/mol. The second-order valence-corrected chi connectivity index (χ2v) is 1.70. The Morgan fingerprint density at radius 1 is 1.73 bits per heavy atom. The van der Waals surface area contributed by atoms with Gasteiger partial charge in [0.25, 0.3) is 5.82 Å². The van der Waals surface area contributed by atoms with Crippen LogP contribution in [0.4, 0.5) is 4.39 Å². The van der Waals surface area contributed by atoms with Crippen LogP contribution >= 0.6 is 0 Å². The fourth-order valence-electron chi connectivity index (χ4n) is 0.499. The minimum absolute atomic E-state index is 0.0692. The second kappa shape index (κ2) is 3.04. The second-order valence-electron chi connectivity index (χ2n) is 1.70. The molecule has 0 aromatic carbocycles. The van der Waals surface area contributed by atoms with Gasteiger partial charge >= 0.3 is 5.97 Å². The number of aromatic carboxylic acids is 1. The summed E-state index contributed by atoms with van der Waals surface area (Å²) in [6.45, 7) is -0.713. The van der Waals surface area contributed by atoms with Gasteiger partial charge in [-0.25, -0.2) is 9.18 Å². The standard InChI is InChI=1S/C4H5FN4O2/c5-1-2-9-7-3(4(10)11)6-8-9/h1-2H2,(H,10,11). The molecule has 1 heterocycles. The topological polar surface area (TPSA) is 80.9 Å². The zero-order valence-electron chi connectivity index (χ0n) is 5.44. The minimum atomic E-state index is -1.27. The van der Waals surface area contributed by atoms with Gasteiger partial charge in [-0.3, -0.25) is 0 Å². The smallest absolute Gasteiger partial charge is 0.377 e. The maximum Gasteiger partial charge on any atom is 0.377 e. The molecule has 1 aromatic heterocycles. The summed E-state index contributed by atoms with van der Waals surface area (Å²) in [5.41, 5.74) is 0. The van der Waals surface area contributed by atoms with Crippen molar-refractivity contribution in [2.24, 2.45) is 0 Å². The summed E-state index contributed by atoms with van der Waals surface area (Å²) in [4.78, 5) is 11.0. The van der Waals surface area contributed by atoms with Crippen LogP contribution < -0.4 is 0 Å². The fourth-order valence-corrected chi connectivity index (χ4v) is 0.499. The molecule has 1 N–H and O–H groups in total. The summed E-state index contributed by atoms with van der Waals surface area (Å²) < 4.78 is 11.6. The Morgan fingerprint density at radius 3 is 2.91 bits per heavy atom. The lowest BCUT2D eigenvalue weighted by molar-refractivity contribution is 0.0683. The van der Waals surface area contributed by atoms with Crippen molar-refractivity contribution in [1.29, 1.82) is 0 Å². The predicted molar refractivity (Wildman–Crippen MR) is 30.8 cm³/mol. The molecule has 0 fully saturated rings. The first-order chi connectivity index (χ1) is 5.24. The van der Waals surface area contributed by atoms with E-state index in [1.165, 1.54) is 0 Å². The predicted octanol–water partition coefficient (Wildman–Crippen LogP) is -0.659. The number of alkyl halides is 1. The lowest BCUT2D eigenvalue weighted by atomic mass is 10.7. The van der Waals surface area contributed by atoms with Gasteiger partial charge in [0, 0.05) is 0 Å².